The minimum atomic E-state index is -4.43. The zero-order chi connectivity index (χ0) is 27.6. The van der Waals surface area contributed by atoms with Crippen molar-refractivity contribution in [2.75, 3.05) is 31.6 Å². The van der Waals surface area contributed by atoms with Gasteiger partial charge >= 0.3 is 6.18 Å². The summed E-state index contributed by atoms with van der Waals surface area (Å²) >= 11 is 0. The fraction of sp³-hybridized carbons (Fsp3) is 0.357. The van der Waals surface area contributed by atoms with E-state index in [9.17, 15) is 18.0 Å². The van der Waals surface area contributed by atoms with E-state index in [1.165, 1.54) is 10.8 Å². The molecule has 1 aliphatic heterocycles. The summed E-state index contributed by atoms with van der Waals surface area (Å²) < 4.78 is 45.6. The standard InChI is InChI=1S/C28H29F3N6O2/c1-17-12-19(24-5-3-4-18(2)35-24)6-7-22(17)23-13-20-14-33-27(34-16-28(29,30)31)36-25(20)37(26(23)38)10-8-21-15-32-9-11-39-21/h3-7,12-14,21,32H,8-11,15-16H2,1-2H3,(H,33,34,36). The molecule has 0 bridgehead atoms. The number of alkyl halides is 3. The minimum Gasteiger partial charge on any atom is -0.376 e. The van der Waals surface area contributed by atoms with Gasteiger partial charge in [-0.05, 0) is 55.7 Å². The lowest BCUT2D eigenvalue weighted by Gasteiger charge is -2.24. The Labute approximate surface area is 223 Å². The Hall–Kier alpha value is -3.83. The van der Waals surface area contributed by atoms with Crippen LogP contribution in [-0.2, 0) is 11.3 Å². The summed E-state index contributed by atoms with van der Waals surface area (Å²) in [5, 5.41) is 6.03. The summed E-state index contributed by atoms with van der Waals surface area (Å²) in [5.41, 5.74) is 4.78. The summed E-state index contributed by atoms with van der Waals surface area (Å²) in [5.74, 6) is -0.192. The third-order valence-corrected chi connectivity index (χ3v) is 6.65. The van der Waals surface area contributed by atoms with Crippen LogP contribution in [0.5, 0.6) is 0 Å². The Morgan fingerprint density at radius 3 is 2.69 bits per heavy atom. The Bertz CT molecular complexity index is 1550. The van der Waals surface area contributed by atoms with Gasteiger partial charge in [0.1, 0.15) is 12.2 Å². The van der Waals surface area contributed by atoms with Crippen molar-refractivity contribution in [3.05, 3.63) is 70.3 Å². The van der Waals surface area contributed by atoms with Crippen LogP contribution in [-0.4, -0.2) is 58.0 Å². The molecule has 1 unspecified atom stereocenters. The van der Waals surface area contributed by atoms with Crippen LogP contribution in [0.15, 0.2) is 53.5 Å². The van der Waals surface area contributed by atoms with Gasteiger partial charge < -0.3 is 15.4 Å². The van der Waals surface area contributed by atoms with Crippen molar-refractivity contribution in [1.29, 1.82) is 0 Å². The third-order valence-electron chi connectivity index (χ3n) is 6.65. The number of rotatable bonds is 7. The Balaban J connectivity index is 1.56. The quantitative estimate of drug-likeness (QED) is 0.358. The van der Waals surface area contributed by atoms with Gasteiger partial charge in [-0.1, -0.05) is 18.2 Å². The zero-order valence-corrected chi connectivity index (χ0v) is 21.7. The van der Waals surface area contributed by atoms with E-state index in [0.29, 0.717) is 30.5 Å². The molecule has 1 aromatic carbocycles. The van der Waals surface area contributed by atoms with E-state index in [0.717, 1.165) is 34.6 Å². The summed E-state index contributed by atoms with van der Waals surface area (Å²) in [6.07, 6.45) is -2.53. The smallest absolute Gasteiger partial charge is 0.376 e. The van der Waals surface area contributed by atoms with Gasteiger partial charge in [-0.25, -0.2) is 4.98 Å². The molecule has 1 fully saturated rings. The highest BCUT2D eigenvalue weighted by molar-refractivity contribution is 5.83. The molecular formula is C28H29F3N6O2. The maximum atomic E-state index is 13.9. The summed E-state index contributed by atoms with van der Waals surface area (Å²) in [4.78, 5) is 26.8. The number of morpholine rings is 1. The lowest BCUT2D eigenvalue weighted by Crippen LogP contribution is -2.39. The molecule has 0 saturated carbocycles. The highest BCUT2D eigenvalue weighted by atomic mass is 19.4. The number of pyridine rings is 2. The van der Waals surface area contributed by atoms with Crippen LogP contribution >= 0.6 is 0 Å². The van der Waals surface area contributed by atoms with Crippen LogP contribution in [0.2, 0.25) is 0 Å². The van der Waals surface area contributed by atoms with Crippen molar-refractivity contribution in [1.82, 2.24) is 24.8 Å². The average molecular weight is 539 g/mol. The first-order valence-electron chi connectivity index (χ1n) is 12.8. The van der Waals surface area contributed by atoms with Gasteiger partial charge in [0, 0.05) is 48.0 Å². The lowest BCUT2D eigenvalue weighted by molar-refractivity contribution is -0.115. The number of nitrogens with zero attached hydrogens (tertiary/aromatic N) is 4. The number of hydrogen-bond donors (Lipinski definition) is 2. The predicted molar refractivity (Wildman–Crippen MR) is 144 cm³/mol. The number of ether oxygens (including phenoxy) is 1. The highest BCUT2D eigenvalue weighted by Crippen LogP contribution is 2.28. The van der Waals surface area contributed by atoms with Crippen molar-refractivity contribution >= 4 is 17.0 Å². The molecule has 8 nitrogen and oxygen atoms in total. The van der Waals surface area contributed by atoms with Crippen LogP contribution in [0.1, 0.15) is 17.7 Å². The first-order chi connectivity index (χ1) is 18.7. The second-order valence-electron chi connectivity index (χ2n) is 9.64. The molecule has 1 aliphatic rings. The molecule has 39 heavy (non-hydrogen) atoms. The first-order valence-corrected chi connectivity index (χ1v) is 12.8. The molecule has 3 aromatic heterocycles. The zero-order valence-electron chi connectivity index (χ0n) is 21.7. The Morgan fingerprint density at radius 1 is 1.13 bits per heavy atom. The van der Waals surface area contributed by atoms with E-state index in [4.69, 9.17) is 4.74 Å². The second kappa shape index (κ2) is 11.1. The molecule has 0 radical (unpaired) electrons. The molecule has 4 heterocycles. The minimum absolute atomic E-state index is 0.0862. The van der Waals surface area contributed by atoms with Crippen LogP contribution in [0.4, 0.5) is 19.1 Å². The highest BCUT2D eigenvalue weighted by Gasteiger charge is 2.27. The fourth-order valence-electron chi connectivity index (χ4n) is 4.73. The molecule has 2 N–H and O–H groups in total. The predicted octanol–water partition coefficient (Wildman–Crippen LogP) is 4.49. The molecule has 0 amide bonds. The van der Waals surface area contributed by atoms with Gasteiger partial charge in [0.15, 0.2) is 0 Å². The number of benzene rings is 1. The largest absolute Gasteiger partial charge is 0.405 e. The maximum absolute atomic E-state index is 13.9. The number of halogens is 3. The number of aryl methyl sites for hydroxylation is 3. The second-order valence-corrected chi connectivity index (χ2v) is 9.64. The van der Waals surface area contributed by atoms with E-state index >= 15 is 0 Å². The molecule has 1 saturated heterocycles. The molecule has 1 atom stereocenters. The van der Waals surface area contributed by atoms with Gasteiger partial charge in [-0.3, -0.25) is 14.3 Å². The van der Waals surface area contributed by atoms with Crippen LogP contribution in [0.3, 0.4) is 0 Å². The average Bonchev–Trinajstić information content (AvgIpc) is 2.91. The van der Waals surface area contributed by atoms with Gasteiger partial charge in [0.25, 0.3) is 5.56 Å². The summed E-state index contributed by atoms with van der Waals surface area (Å²) in [6.45, 7) is 4.89. The van der Waals surface area contributed by atoms with Crippen molar-refractivity contribution < 1.29 is 17.9 Å². The van der Waals surface area contributed by atoms with E-state index in [1.54, 1.807) is 6.07 Å². The fourth-order valence-corrected chi connectivity index (χ4v) is 4.73. The summed E-state index contributed by atoms with van der Waals surface area (Å²) in [7, 11) is 0. The Kier molecular flexibility index (Phi) is 7.62. The van der Waals surface area contributed by atoms with Crippen LogP contribution in [0, 0.1) is 13.8 Å². The molecule has 0 spiro atoms. The first kappa shape index (κ1) is 26.8. The van der Waals surface area contributed by atoms with E-state index < -0.39 is 12.7 Å². The van der Waals surface area contributed by atoms with Crippen LogP contribution < -0.4 is 16.2 Å². The molecule has 11 heteroatoms. The molecule has 5 rings (SSSR count). The van der Waals surface area contributed by atoms with Gasteiger partial charge in [-0.15, -0.1) is 0 Å². The number of hydrogen-bond acceptors (Lipinski definition) is 7. The normalized spacial score (nSPS) is 16.0. The lowest BCUT2D eigenvalue weighted by atomic mass is 9.97. The van der Waals surface area contributed by atoms with Gasteiger partial charge in [-0.2, -0.15) is 18.2 Å². The van der Waals surface area contributed by atoms with E-state index in [1.807, 2.05) is 50.2 Å². The monoisotopic (exact) mass is 538 g/mol. The van der Waals surface area contributed by atoms with Gasteiger partial charge in [0.2, 0.25) is 5.95 Å². The number of fused-ring (bicyclic) bond motifs is 1. The molecule has 204 valence electrons. The summed E-state index contributed by atoms with van der Waals surface area (Å²) in [6, 6.07) is 13.3. The maximum Gasteiger partial charge on any atom is 0.405 e. The SMILES string of the molecule is Cc1cccc(-c2ccc(-c3cc4cnc(NCC(F)(F)F)nc4n(CCC4CNCCO4)c3=O)c(C)c2)n1. The number of aromatic nitrogens is 4. The number of anilines is 1. The van der Waals surface area contributed by atoms with E-state index in [2.05, 4.69) is 25.6 Å². The van der Waals surface area contributed by atoms with Crippen molar-refractivity contribution in [2.45, 2.75) is 39.1 Å². The topological polar surface area (TPSA) is 94.0 Å². The molecular weight excluding hydrogens is 509 g/mol. The molecule has 0 aliphatic carbocycles. The molecule has 4 aromatic rings. The van der Waals surface area contributed by atoms with Crippen molar-refractivity contribution in [3.63, 3.8) is 0 Å². The Morgan fingerprint density at radius 2 is 1.97 bits per heavy atom. The van der Waals surface area contributed by atoms with Crippen molar-refractivity contribution in [3.8, 4) is 22.4 Å². The number of nitrogens with one attached hydrogen (secondary N) is 2. The third kappa shape index (κ3) is 6.26. The van der Waals surface area contributed by atoms with E-state index in [-0.39, 0.29) is 29.8 Å². The van der Waals surface area contributed by atoms with Crippen molar-refractivity contribution in [2.24, 2.45) is 0 Å². The van der Waals surface area contributed by atoms with Gasteiger partial charge in [0.05, 0.1) is 18.4 Å². The van der Waals surface area contributed by atoms with Crippen LogP contribution in [0.25, 0.3) is 33.4 Å².